The Bertz CT molecular complexity index is 707. The van der Waals surface area contributed by atoms with E-state index in [1.807, 2.05) is 30.3 Å². The molecule has 2 heterocycles. The van der Waals surface area contributed by atoms with Gasteiger partial charge < -0.3 is 15.0 Å². The second kappa shape index (κ2) is 8.01. The number of benzene rings is 1. The standard InChI is InChI=1S/C20H25N3O2/c1-15-9-11-23(12-10-15)17-7-8-18(21-14-17)20(24)22-13-16-5-3-4-6-19(16)25-2/h3-8,14-15H,9-13H2,1-2H3,(H,22,24). The molecule has 1 N–H and O–H groups in total. The number of pyridine rings is 1. The molecule has 25 heavy (non-hydrogen) atoms. The van der Waals surface area contributed by atoms with Gasteiger partial charge >= 0.3 is 0 Å². The van der Waals surface area contributed by atoms with E-state index in [9.17, 15) is 4.79 Å². The molecule has 1 saturated heterocycles. The third-order valence-electron chi connectivity index (χ3n) is 4.76. The number of carbonyl (C=O) groups is 1. The summed E-state index contributed by atoms with van der Waals surface area (Å²) in [4.78, 5) is 19.0. The molecule has 0 unspecified atom stereocenters. The molecule has 2 aromatic rings. The highest BCUT2D eigenvalue weighted by Gasteiger charge is 2.17. The van der Waals surface area contributed by atoms with Crippen molar-refractivity contribution in [2.45, 2.75) is 26.3 Å². The van der Waals surface area contributed by atoms with Crippen LogP contribution in [0.2, 0.25) is 0 Å². The van der Waals surface area contributed by atoms with Crippen LogP contribution in [-0.2, 0) is 6.54 Å². The predicted molar refractivity (Wildman–Crippen MR) is 99.0 cm³/mol. The Hall–Kier alpha value is -2.56. The summed E-state index contributed by atoms with van der Waals surface area (Å²) in [5, 5.41) is 2.90. The number of aromatic nitrogens is 1. The number of carbonyl (C=O) groups excluding carboxylic acids is 1. The summed E-state index contributed by atoms with van der Waals surface area (Å²) in [6, 6.07) is 11.4. The number of ether oxygens (including phenoxy) is 1. The summed E-state index contributed by atoms with van der Waals surface area (Å²) < 4.78 is 5.30. The van der Waals surface area contributed by atoms with Gasteiger partial charge in [-0.05, 0) is 37.0 Å². The van der Waals surface area contributed by atoms with Crippen LogP contribution in [0.4, 0.5) is 5.69 Å². The van der Waals surface area contributed by atoms with Crippen molar-refractivity contribution in [3.63, 3.8) is 0 Å². The van der Waals surface area contributed by atoms with Gasteiger partial charge in [-0.25, -0.2) is 4.98 Å². The minimum atomic E-state index is -0.176. The summed E-state index contributed by atoms with van der Waals surface area (Å²) in [6.45, 7) is 4.82. The second-order valence-corrected chi connectivity index (χ2v) is 6.57. The Kier molecular flexibility index (Phi) is 5.53. The lowest BCUT2D eigenvalue weighted by molar-refractivity contribution is 0.0945. The quantitative estimate of drug-likeness (QED) is 0.908. The largest absolute Gasteiger partial charge is 0.496 e. The first-order valence-corrected chi connectivity index (χ1v) is 8.78. The maximum Gasteiger partial charge on any atom is 0.270 e. The fraction of sp³-hybridized carbons (Fsp3) is 0.400. The van der Waals surface area contributed by atoms with Crippen LogP contribution >= 0.6 is 0 Å². The van der Waals surface area contributed by atoms with Crippen molar-refractivity contribution in [1.82, 2.24) is 10.3 Å². The van der Waals surface area contributed by atoms with E-state index in [0.717, 1.165) is 36.0 Å². The SMILES string of the molecule is COc1ccccc1CNC(=O)c1ccc(N2CCC(C)CC2)cn1. The van der Waals surface area contributed by atoms with Crippen molar-refractivity contribution in [3.05, 3.63) is 53.9 Å². The number of piperidine rings is 1. The topological polar surface area (TPSA) is 54.5 Å². The fourth-order valence-electron chi connectivity index (χ4n) is 3.09. The predicted octanol–water partition coefficient (Wildman–Crippen LogP) is 3.26. The van der Waals surface area contributed by atoms with E-state index in [1.165, 1.54) is 12.8 Å². The van der Waals surface area contributed by atoms with E-state index in [4.69, 9.17) is 4.74 Å². The molecule has 132 valence electrons. The van der Waals surface area contributed by atoms with Gasteiger partial charge in [-0.2, -0.15) is 0 Å². The van der Waals surface area contributed by atoms with Crippen LogP contribution in [0.25, 0.3) is 0 Å². The van der Waals surface area contributed by atoms with Gasteiger partial charge in [0.25, 0.3) is 5.91 Å². The number of nitrogens with one attached hydrogen (secondary N) is 1. The van der Waals surface area contributed by atoms with Crippen LogP contribution in [0.15, 0.2) is 42.6 Å². The van der Waals surface area contributed by atoms with Gasteiger partial charge in [0.2, 0.25) is 0 Å². The van der Waals surface area contributed by atoms with E-state index in [1.54, 1.807) is 19.4 Å². The van der Waals surface area contributed by atoms with Crippen molar-refractivity contribution in [2.75, 3.05) is 25.1 Å². The Balaban J connectivity index is 1.59. The molecule has 5 nitrogen and oxygen atoms in total. The highest BCUT2D eigenvalue weighted by molar-refractivity contribution is 5.92. The average Bonchev–Trinajstić information content (AvgIpc) is 2.67. The van der Waals surface area contributed by atoms with Gasteiger partial charge in [0.05, 0.1) is 19.0 Å². The van der Waals surface area contributed by atoms with Gasteiger partial charge in [0.1, 0.15) is 11.4 Å². The first-order chi connectivity index (χ1) is 12.2. The van der Waals surface area contributed by atoms with Crippen molar-refractivity contribution in [1.29, 1.82) is 0 Å². The number of rotatable bonds is 5. The Morgan fingerprint density at radius 2 is 2.00 bits per heavy atom. The number of hydrogen-bond acceptors (Lipinski definition) is 4. The summed E-state index contributed by atoms with van der Waals surface area (Å²) in [5.41, 5.74) is 2.47. The Morgan fingerprint density at radius 3 is 2.68 bits per heavy atom. The summed E-state index contributed by atoms with van der Waals surface area (Å²) >= 11 is 0. The third-order valence-corrected chi connectivity index (χ3v) is 4.76. The van der Waals surface area contributed by atoms with Gasteiger partial charge in [-0.3, -0.25) is 4.79 Å². The smallest absolute Gasteiger partial charge is 0.270 e. The number of nitrogens with zero attached hydrogens (tertiary/aromatic N) is 2. The monoisotopic (exact) mass is 339 g/mol. The van der Waals surface area contributed by atoms with Gasteiger partial charge in [-0.1, -0.05) is 25.1 Å². The maximum absolute atomic E-state index is 12.3. The van der Waals surface area contributed by atoms with Crippen molar-refractivity contribution in [3.8, 4) is 5.75 Å². The zero-order chi connectivity index (χ0) is 17.6. The molecular weight excluding hydrogens is 314 g/mol. The number of amides is 1. The highest BCUT2D eigenvalue weighted by Crippen LogP contribution is 2.22. The lowest BCUT2D eigenvalue weighted by atomic mass is 9.99. The maximum atomic E-state index is 12.3. The van der Waals surface area contributed by atoms with Crippen LogP contribution in [0.3, 0.4) is 0 Å². The summed E-state index contributed by atoms with van der Waals surface area (Å²) in [5.74, 6) is 1.39. The van der Waals surface area contributed by atoms with Crippen LogP contribution in [0, 0.1) is 5.92 Å². The van der Waals surface area contributed by atoms with E-state index in [-0.39, 0.29) is 5.91 Å². The first kappa shape index (κ1) is 17.3. The average molecular weight is 339 g/mol. The molecular formula is C20H25N3O2. The molecule has 1 aromatic heterocycles. The zero-order valence-electron chi connectivity index (χ0n) is 14.9. The molecule has 5 heteroatoms. The number of methoxy groups -OCH3 is 1. The normalized spacial score (nSPS) is 15.0. The molecule has 1 aromatic carbocycles. The van der Waals surface area contributed by atoms with Crippen molar-refractivity contribution < 1.29 is 9.53 Å². The molecule has 0 radical (unpaired) electrons. The lowest BCUT2D eigenvalue weighted by Crippen LogP contribution is -2.33. The molecule has 1 aliphatic heterocycles. The van der Waals surface area contributed by atoms with Crippen LogP contribution in [0.5, 0.6) is 5.75 Å². The molecule has 3 rings (SSSR count). The second-order valence-electron chi connectivity index (χ2n) is 6.57. The summed E-state index contributed by atoms with van der Waals surface area (Å²) in [6.07, 6.45) is 4.22. The van der Waals surface area contributed by atoms with E-state index in [0.29, 0.717) is 12.2 Å². The van der Waals surface area contributed by atoms with E-state index >= 15 is 0 Å². The van der Waals surface area contributed by atoms with E-state index in [2.05, 4.69) is 22.1 Å². The van der Waals surface area contributed by atoms with E-state index < -0.39 is 0 Å². The summed E-state index contributed by atoms with van der Waals surface area (Å²) in [7, 11) is 1.63. The molecule has 0 atom stereocenters. The number of para-hydroxylation sites is 1. The molecule has 1 amide bonds. The van der Waals surface area contributed by atoms with Gasteiger partial charge in [0.15, 0.2) is 0 Å². The Labute approximate surface area is 149 Å². The molecule has 0 spiro atoms. The lowest BCUT2D eigenvalue weighted by Gasteiger charge is -2.31. The highest BCUT2D eigenvalue weighted by atomic mass is 16.5. The van der Waals surface area contributed by atoms with Gasteiger partial charge in [0, 0.05) is 25.2 Å². The minimum Gasteiger partial charge on any atom is -0.496 e. The van der Waals surface area contributed by atoms with Crippen molar-refractivity contribution in [2.24, 2.45) is 5.92 Å². The number of hydrogen-bond donors (Lipinski definition) is 1. The molecule has 1 aliphatic rings. The Morgan fingerprint density at radius 1 is 1.24 bits per heavy atom. The van der Waals surface area contributed by atoms with Crippen molar-refractivity contribution >= 4 is 11.6 Å². The molecule has 0 aliphatic carbocycles. The third kappa shape index (κ3) is 4.29. The van der Waals surface area contributed by atoms with Crippen LogP contribution in [-0.4, -0.2) is 31.1 Å². The zero-order valence-corrected chi connectivity index (χ0v) is 14.9. The minimum absolute atomic E-state index is 0.176. The molecule has 0 saturated carbocycles. The number of anilines is 1. The molecule has 1 fully saturated rings. The van der Waals surface area contributed by atoms with Crippen LogP contribution in [0.1, 0.15) is 35.8 Å². The fourth-order valence-corrected chi connectivity index (χ4v) is 3.09. The first-order valence-electron chi connectivity index (χ1n) is 8.78. The van der Waals surface area contributed by atoms with Crippen LogP contribution < -0.4 is 15.0 Å². The van der Waals surface area contributed by atoms with Gasteiger partial charge in [-0.15, -0.1) is 0 Å². The molecule has 0 bridgehead atoms.